The summed E-state index contributed by atoms with van der Waals surface area (Å²) in [6, 6.07) is 15.6. The average molecular weight is 492 g/mol. The van der Waals surface area contributed by atoms with E-state index in [4.69, 9.17) is 14.5 Å². The molecule has 1 saturated heterocycles. The Balaban J connectivity index is 1.38. The molecular weight excluding hydrogens is 454 g/mol. The molecule has 0 spiro atoms. The van der Waals surface area contributed by atoms with E-state index in [2.05, 4.69) is 27.7 Å². The maximum absolute atomic E-state index is 13.0. The highest BCUT2D eigenvalue weighted by atomic mass is 16.5. The third-order valence-corrected chi connectivity index (χ3v) is 7.29. The molecule has 36 heavy (non-hydrogen) atoms. The topological polar surface area (TPSA) is 73.7 Å². The van der Waals surface area contributed by atoms with Crippen LogP contribution in [0, 0.1) is 0 Å². The summed E-state index contributed by atoms with van der Waals surface area (Å²) in [4.78, 5) is 32.3. The Labute approximate surface area is 213 Å². The molecule has 0 unspecified atom stereocenters. The maximum Gasteiger partial charge on any atom is 0.315 e. The lowest BCUT2D eigenvalue weighted by Gasteiger charge is -2.31. The van der Waals surface area contributed by atoms with Crippen LogP contribution in [0.1, 0.15) is 61.3 Å². The van der Waals surface area contributed by atoms with Crippen molar-refractivity contribution in [3.63, 3.8) is 0 Å². The highest BCUT2D eigenvalue weighted by molar-refractivity contribution is 5.97. The number of Topliss-reactive ketones (excluding diaryl/α,β-unsaturated/α-hetero) is 1. The van der Waals surface area contributed by atoms with Crippen LogP contribution in [0.3, 0.4) is 0 Å². The molecule has 7 nitrogen and oxygen atoms in total. The number of hydrogen-bond acceptors (Lipinski definition) is 6. The monoisotopic (exact) mass is 491 g/mol. The summed E-state index contributed by atoms with van der Waals surface area (Å²) in [6.07, 6.45) is 1.94. The molecule has 1 aliphatic rings. The molecular formula is C29H37N3O4. The van der Waals surface area contributed by atoms with Gasteiger partial charge in [-0.15, -0.1) is 0 Å². The van der Waals surface area contributed by atoms with Crippen LogP contribution in [0.15, 0.2) is 48.5 Å². The SMILES string of the molecule is CCOCCn1c(C2CCN(CC(=O)c3ccc(C(C)(C)C(=O)OC)cc3)CC2)nc2ccccc21. The Hall–Kier alpha value is -3.03. The van der Waals surface area contributed by atoms with Crippen molar-refractivity contribution >= 4 is 22.8 Å². The van der Waals surface area contributed by atoms with Crippen LogP contribution in [-0.2, 0) is 26.2 Å². The average Bonchev–Trinajstić information content (AvgIpc) is 3.27. The molecule has 192 valence electrons. The number of methoxy groups -OCH3 is 1. The minimum atomic E-state index is -0.753. The first kappa shape index (κ1) is 26.0. The van der Waals surface area contributed by atoms with Crippen LogP contribution < -0.4 is 0 Å². The van der Waals surface area contributed by atoms with Crippen molar-refractivity contribution in [3.05, 3.63) is 65.5 Å². The maximum atomic E-state index is 13.0. The van der Waals surface area contributed by atoms with Gasteiger partial charge in [-0.25, -0.2) is 4.98 Å². The molecule has 7 heteroatoms. The zero-order valence-corrected chi connectivity index (χ0v) is 21.8. The highest BCUT2D eigenvalue weighted by Crippen LogP contribution is 2.31. The van der Waals surface area contributed by atoms with Gasteiger partial charge in [0.2, 0.25) is 0 Å². The van der Waals surface area contributed by atoms with Crippen molar-refractivity contribution in [3.8, 4) is 0 Å². The second kappa shape index (κ2) is 11.4. The van der Waals surface area contributed by atoms with Crippen LogP contribution in [0.4, 0.5) is 0 Å². The summed E-state index contributed by atoms with van der Waals surface area (Å²) in [5.41, 5.74) is 2.93. The van der Waals surface area contributed by atoms with Gasteiger partial charge in [0.05, 0.1) is 36.7 Å². The van der Waals surface area contributed by atoms with Crippen LogP contribution in [0.5, 0.6) is 0 Å². The van der Waals surface area contributed by atoms with E-state index in [-0.39, 0.29) is 11.8 Å². The molecule has 0 bridgehead atoms. The molecule has 0 aliphatic carbocycles. The first-order chi connectivity index (χ1) is 17.3. The number of carbonyl (C=O) groups is 2. The van der Waals surface area contributed by atoms with Crippen molar-refractivity contribution < 1.29 is 19.1 Å². The van der Waals surface area contributed by atoms with E-state index in [1.807, 2.05) is 51.1 Å². The first-order valence-corrected chi connectivity index (χ1v) is 12.8. The molecule has 3 aromatic rings. The Morgan fingerprint density at radius 1 is 1.06 bits per heavy atom. The van der Waals surface area contributed by atoms with E-state index in [1.165, 1.54) is 7.11 Å². The zero-order chi connectivity index (χ0) is 25.7. The summed E-state index contributed by atoms with van der Waals surface area (Å²) in [6.45, 7) is 9.96. The van der Waals surface area contributed by atoms with E-state index in [1.54, 1.807) is 0 Å². The van der Waals surface area contributed by atoms with Crippen molar-refractivity contribution in [2.75, 3.05) is 40.0 Å². The third-order valence-electron chi connectivity index (χ3n) is 7.29. The predicted molar refractivity (Wildman–Crippen MR) is 140 cm³/mol. The number of likely N-dealkylation sites (tertiary alicyclic amines) is 1. The number of hydrogen-bond donors (Lipinski definition) is 0. The lowest BCUT2D eigenvalue weighted by atomic mass is 9.84. The van der Waals surface area contributed by atoms with Gasteiger partial charge in [0.25, 0.3) is 0 Å². The van der Waals surface area contributed by atoms with Gasteiger partial charge >= 0.3 is 5.97 Å². The number of ketones is 1. The van der Waals surface area contributed by atoms with E-state index < -0.39 is 5.41 Å². The quantitative estimate of drug-likeness (QED) is 0.235. The fourth-order valence-corrected chi connectivity index (χ4v) is 5.03. The van der Waals surface area contributed by atoms with Crippen LogP contribution in [0.25, 0.3) is 11.0 Å². The summed E-state index contributed by atoms with van der Waals surface area (Å²) in [7, 11) is 1.39. The molecule has 0 amide bonds. The Morgan fingerprint density at radius 3 is 2.42 bits per heavy atom. The van der Waals surface area contributed by atoms with Gasteiger partial charge in [-0.05, 0) is 64.4 Å². The second-order valence-electron chi connectivity index (χ2n) is 9.97. The number of imidazole rings is 1. The number of aromatic nitrogens is 2. The Morgan fingerprint density at radius 2 is 1.75 bits per heavy atom. The van der Waals surface area contributed by atoms with Gasteiger partial charge in [0.1, 0.15) is 5.82 Å². The summed E-state index contributed by atoms with van der Waals surface area (Å²) < 4.78 is 12.9. The van der Waals surface area contributed by atoms with E-state index in [0.29, 0.717) is 31.2 Å². The van der Waals surface area contributed by atoms with Gasteiger partial charge in [-0.1, -0.05) is 36.4 Å². The number of para-hydroxylation sites is 2. The van der Waals surface area contributed by atoms with E-state index >= 15 is 0 Å². The van der Waals surface area contributed by atoms with Crippen LogP contribution in [-0.4, -0.2) is 66.2 Å². The predicted octanol–water partition coefficient (Wildman–Crippen LogP) is 4.59. The molecule has 0 saturated carbocycles. The largest absolute Gasteiger partial charge is 0.468 e. The normalized spacial score (nSPS) is 15.3. The number of ether oxygens (including phenoxy) is 2. The van der Waals surface area contributed by atoms with Gasteiger partial charge < -0.3 is 14.0 Å². The second-order valence-corrected chi connectivity index (χ2v) is 9.97. The van der Waals surface area contributed by atoms with Gasteiger partial charge in [0, 0.05) is 24.6 Å². The third kappa shape index (κ3) is 5.52. The van der Waals surface area contributed by atoms with Crippen molar-refractivity contribution in [2.45, 2.75) is 51.5 Å². The lowest BCUT2D eigenvalue weighted by molar-refractivity contribution is -0.146. The minimum absolute atomic E-state index is 0.0971. The number of piperidine rings is 1. The standard InChI is InChI=1S/C29H37N3O4/c1-5-36-19-18-32-25-9-7-6-8-24(25)30-27(32)22-14-16-31(17-15-22)20-26(33)21-10-12-23(13-11-21)29(2,3)28(34)35-4/h6-13,22H,5,14-20H2,1-4H3. The molecule has 2 heterocycles. The molecule has 4 rings (SSSR count). The van der Waals surface area contributed by atoms with Crippen molar-refractivity contribution in [2.24, 2.45) is 0 Å². The molecule has 2 aromatic carbocycles. The van der Waals surface area contributed by atoms with E-state index in [0.717, 1.165) is 54.9 Å². The molecule has 1 aromatic heterocycles. The number of nitrogens with zero attached hydrogens (tertiary/aromatic N) is 3. The first-order valence-electron chi connectivity index (χ1n) is 12.8. The highest BCUT2D eigenvalue weighted by Gasteiger charge is 2.31. The fraction of sp³-hybridized carbons (Fsp3) is 0.483. The molecule has 1 aliphatic heterocycles. The Kier molecular flexibility index (Phi) is 8.21. The Bertz CT molecular complexity index is 1190. The smallest absolute Gasteiger partial charge is 0.315 e. The number of esters is 1. The number of fused-ring (bicyclic) bond motifs is 1. The number of carbonyl (C=O) groups excluding carboxylic acids is 2. The lowest BCUT2D eigenvalue weighted by Crippen LogP contribution is -2.37. The van der Waals surface area contributed by atoms with Gasteiger partial charge in [-0.3, -0.25) is 14.5 Å². The summed E-state index contributed by atoms with van der Waals surface area (Å²) >= 11 is 0. The van der Waals surface area contributed by atoms with Gasteiger partial charge in [0.15, 0.2) is 5.78 Å². The van der Waals surface area contributed by atoms with Crippen LogP contribution >= 0.6 is 0 Å². The summed E-state index contributed by atoms with van der Waals surface area (Å²) in [5, 5.41) is 0. The number of rotatable bonds is 10. The van der Waals surface area contributed by atoms with Crippen molar-refractivity contribution in [1.82, 2.24) is 14.5 Å². The van der Waals surface area contributed by atoms with E-state index in [9.17, 15) is 9.59 Å². The molecule has 0 atom stereocenters. The molecule has 0 N–H and O–H groups in total. The number of benzene rings is 2. The molecule has 0 radical (unpaired) electrons. The van der Waals surface area contributed by atoms with Crippen molar-refractivity contribution in [1.29, 1.82) is 0 Å². The fourth-order valence-electron chi connectivity index (χ4n) is 5.03. The molecule has 1 fully saturated rings. The summed E-state index contributed by atoms with van der Waals surface area (Å²) in [5.74, 6) is 1.30. The van der Waals surface area contributed by atoms with Crippen LogP contribution in [0.2, 0.25) is 0 Å². The zero-order valence-electron chi connectivity index (χ0n) is 21.8. The minimum Gasteiger partial charge on any atom is -0.468 e. The van der Waals surface area contributed by atoms with Gasteiger partial charge in [-0.2, -0.15) is 0 Å².